The normalized spacial score (nSPS) is 12.2. The lowest BCUT2D eigenvalue weighted by Gasteiger charge is -2.18. The third-order valence-electron chi connectivity index (χ3n) is 14.1. The summed E-state index contributed by atoms with van der Waals surface area (Å²) >= 11 is 0. The van der Waals surface area contributed by atoms with E-state index in [1.807, 2.05) is 0 Å². The van der Waals surface area contributed by atoms with Crippen LogP contribution in [0.1, 0.15) is 342 Å². The van der Waals surface area contributed by atoms with E-state index < -0.39 is 6.10 Å². The zero-order chi connectivity index (χ0) is 51.4. The number of hydrogen-bond acceptors (Lipinski definition) is 6. The van der Waals surface area contributed by atoms with Crippen molar-refractivity contribution in [2.24, 2.45) is 0 Å². The van der Waals surface area contributed by atoms with E-state index in [2.05, 4.69) is 57.2 Å². The Hall–Kier alpha value is -2.37. The van der Waals surface area contributed by atoms with Crippen molar-refractivity contribution in [1.82, 2.24) is 0 Å². The molecule has 1 unspecified atom stereocenters. The molecular formula is C65H120O6. The van der Waals surface area contributed by atoms with Crippen LogP contribution in [-0.4, -0.2) is 37.2 Å². The highest BCUT2D eigenvalue weighted by Crippen LogP contribution is 2.17. The smallest absolute Gasteiger partial charge is 0.306 e. The van der Waals surface area contributed by atoms with E-state index >= 15 is 0 Å². The van der Waals surface area contributed by atoms with Crippen LogP contribution < -0.4 is 0 Å². The summed E-state index contributed by atoms with van der Waals surface area (Å²) in [4.78, 5) is 38.2. The molecule has 0 aliphatic rings. The monoisotopic (exact) mass is 997 g/mol. The molecule has 0 radical (unpaired) electrons. The number of unbranched alkanes of at least 4 members (excludes halogenated alkanes) is 41. The SMILES string of the molecule is CCC/C=C\CCCCCCCC(=O)OCC(COC(=O)CCCCCCCCCCCCCCC/C=C\C/C=C\CCCCCCC)OC(=O)CCCCCCCCCCCCCCCCCCCC. The summed E-state index contributed by atoms with van der Waals surface area (Å²) in [7, 11) is 0. The second-order valence-corrected chi connectivity index (χ2v) is 21.3. The van der Waals surface area contributed by atoms with E-state index in [1.54, 1.807) is 0 Å². The van der Waals surface area contributed by atoms with E-state index in [0.717, 1.165) is 77.0 Å². The fraction of sp³-hybridized carbons (Fsp3) is 0.862. The van der Waals surface area contributed by atoms with E-state index in [1.165, 1.54) is 225 Å². The van der Waals surface area contributed by atoms with Gasteiger partial charge in [0.05, 0.1) is 0 Å². The maximum Gasteiger partial charge on any atom is 0.306 e. The van der Waals surface area contributed by atoms with E-state index in [4.69, 9.17) is 14.2 Å². The molecule has 416 valence electrons. The van der Waals surface area contributed by atoms with Crippen LogP contribution in [0, 0.1) is 0 Å². The van der Waals surface area contributed by atoms with Crippen LogP contribution in [0.4, 0.5) is 0 Å². The first-order valence-electron chi connectivity index (χ1n) is 31.5. The summed E-state index contributed by atoms with van der Waals surface area (Å²) in [6.07, 6.45) is 73.0. The van der Waals surface area contributed by atoms with E-state index in [9.17, 15) is 14.4 Å². The van der Waals surface area contributed by atoms with Gasteiger partial charge in [-0.25, -0.2) is 0 Å². The van der Waals surface area contributed by atoms with Crippen LogP contribution >= 0.6 is 0 Å². The maximum atomic E-state index is 12.9. The van der Waals surface area contributed by atoms with Crippen LogP contribution in [-0.2, 0) is 28.6 Å². The van der Waals surface area contributed by atoms with E-state index in [0.29, 0.717) is 19.3 Å². The molecule has 71 heavy (non-hydrogen) atoms. The summed E-state index contributed by atoms with van der Waals surface area (Å²) in [5.41, 5.74) is 0. The molecule has 0 bridgehead atoms. The average Bonchev–Trinajstić information content (AvgIpc) is 3.37. The van der Waals surface area contributed by atoms with Gasteiger partial charge in [-0.05, 0) is 70.6 Å². The Morgan fingerprint density at radius 2 is 0.535 bits per heavy atom. The molecule has 0 saturated heterocycles. The Balaban J connectivity index is 4.19. The van der Waals surface area contributed by atoms with Crippen molar-refractivity contribution in [3.63, 3.8) is 0 Å². The minimum Gasteiger partial charge on any atom is -0.462 e. The number of carbonyl (C=O) groups excluding carboxylic acids is 3. The molecule has 6 heteroatoms. The molecule has 0 aliphatic heterocycles. The number of esters is 3. The van der Waals surface area contributed by atoms with Gasteiger partial charge in [0.25, 0.3) is 0 Å². The lowest BCUT2D eigenvalue weighted by Crippen LogP contribution is -2.30. The summed E-state index contributed by atoms with van der Waals surface area (Å²) in [5, 5.41) is 0. The van der Waals surface area contributed by atoms with Gasteiger partial charge < -0.3 is 14.2 Å². The molecule has 0 aromatic rings. The molecule has 0 N–H and O–H groups in total. The second-order valence-electron chi connectivity index (χ2n) is 21.3. The standard InChI is InChI=1S/C65H120O6/c1-4-7-10-13-16-19-22-24-26-28-30-31-32-33-34-35-36-38-39-41-43-46-49-52-55-58-64(67)70-61-62(60-69-63(66)57-54-51-48-45-21-18-15-12-9-6-3)71-65(68)59-56-53-50-47-44-42-40-37-29-27-25-23-20-17-14-11-8-5-2/h12,15,22,24,28,30,62H,4-11,13-14,16-21,23,25-27,29,31-61H2,1-3H3/b15-12-,24-22-,30-28-. The Kier molecular flexibility index (Phi) is 58.2. The number of rotatable bonds is 58. The third-order valence-corrected chi connectivity index (χ3v) is 14.1. The fourth-order valence-electron chi connectivity index (χ4n) is 9.36. The average molecular weight is 998 g/mol. The highest BCUT2D eigenvalue weighted by Gasteiger charge is 2.19. The first-order chi connectivity index (χ1) is 35.0. The summed E-state index contributed by atoms with van der Waals surface area (Å²) in [5.74, 6) is -0.862. The molecule has 0 heterocycles. The van der Waals surface area contributed by atoms with Crippen LogP contribution in [0.3, 0.4) is 0 Å². The van der Waals surface area contributed by atoms with Crippen molar-refractivity contribution in [3.8, 4) is 0 Å². The van der Waals surface area contributed by atoms with Crippen LogP contribution in [0.2, 0.25) is 0 Å². The number of hydrogen-bond donors (Lipinski definition) is 0. The quantitative estimate of drug-likeness (QED) is 0.0261. The second kappa shape index (κ2) is 60.2. The van der Waals surface area contributed by atoms with Gasteiger partial charge in [-0.15, -0.1) is 0 Å². The van der Waals surface area contributed by atoms with Gasteiger partial charge in [-0.3, -0.25) is 14.4 Å². The van der Waals surface area contributed by atoms with Gasteiger partial charge in [0, 0.05) is 19.3 Å². The molecule has 0 saturated carbocycles. The topological polar surface area (TPSA) is 78.9 Å². The predicted octanol–water partition coefficient (Wildman–Crippen LogP) is 21.2. The zero-order valence-corrected chi connectivity index (χ0v) is 47.8. The first-order valence-corrected chi connectivity index (χ1v) is 31.5. The number of allylic oxidation sites excluding steroid dienone is 6. The minimum atomic E-state index is -0.772. The highest BCUT2D eigenvalue weighted by atomic mass is 16.6. The number of carbonyl (C=O) groups is 3. The van der Waals surface area contributed by atoms with Gasteiger partial charge in [0.1, 0.15) is 13.2 Å². The van der Waals surface area contributed by atoms with Gasteiger partial charge in [0.2, 0.25) is 0 Å². The highest BCUT2D eigenvalue weighted by molar-refractivity contribution is 5.71. The molecule has 0 amide bonds. The van der Waals surface area contributed by atoms with Crippen molar-refractivity contribution in [3.05, 3.63) is 36.5 Å². The maximum absolute atomic E-state index is 12.9. The van der Waals surface area contributed by atoms with E-state index in [-0.39, 0.29) is 31.1 Å². The van der Waals surface area contributed by atoms with Crippen molar-refractivity contribution in [2.45, 2.75) is 348 Å². The first kappa shape index (κ1) is 68.6. The summed E-state index contributed by atoms with van der Waals surface area (Å²) in [6, 6.07) is 0. The van der Waals surface area contributed by atoms with Gasteiger partial charge >= 0.3 is 17.9 Å². The Bertz CT molecular complexity index is 1190. The molecular weight excluding hydrogens is 877 g/mol. The van der Waals surface area contributed by atoms with Crippen molar-refractivity contribution >= 4 is 17.9 Å². The van der Waals surface area contributed by atoms with Crippen LogP contribution in [0.25, 0.3) is 0 Å². The van der Waals surface area contributed by atoms with Crippen molar-refractivity contribution in [2.75, 3.05) is 13.2 Å². The van der Waals surface area contributed by atoms with Crippen molar-refractivity contribution < 1.29 is 28.6 Å². The van der Waals surface area contributed by atoms with Crippen molar-refractivity contribution in [1.29, 1.82) is 0 Å². The fourth-order valence-corrected chi connectivity index (χ4v) is 9.36. The van der Waals surface area contributed by atoms with Gasteiger partial charge in [-0.1, -0.05) is 288 Å². The lowest BCUT2D eigenvalue weighted by atomic mass is 10.0. The molecule has 0 aliphatic carbocycles. The van der Waals surface area contributed by atoms with Crippen LogP contribution in [0.15, 0.2) is 36.5 Å². The third kappa shape index (κ3) is 58.4. The molecule has 1 atom stereocenters. The predicted molar refractivity (Wildman–Crippen MR) is 307 cm³/mol. The largest absolute Gasteiger partial charge is 0.462 e. The molecule has 0 fully saturated rings. The minimum absolute atomic E-state index is 0.0710. The summed E-state index contributed by atoms with van der Waals surface area (Å²) < 4.78 is 16.9. The van der Waals surface area contributed by atoms with Crippen LogP contribution in [0.5, 0.6) is 0 Å². The molecule has 0 aromatic carbocycles. The Morgan fingerprint density at radius 1 is 0.282 bits per heavy atom. The molecule has 0 spiro atoms. The van der Waals surface area contributed by atoms with Gasteiger partial charge in [0.15, 0.2) is 6.10 Å². The zero-order valence-electron chi connectivity index (χ0n) is 47.8. The molecule has 0 rings (SSSR count). The molecule has 0 aromatic heterocycles. The van der Waals surface area contributed by atoms with Gasteiger partial charge in [-0.2, -0.15) is 0 Å². The lowest BCUT2D eigenvalue weighted by molar-refractivity contribution is -0.167. The summed E-state index contributed by atoms with van der Waals surface area (Å²) in [6.45, 7) is 6.61. The Morgan fingerprint density at radius 3 is 0.845 bits per heavy atom. The number of ether oxygens (including phenoxy) is 3. The Labute approximate surface area is 442 Å². The molecule has 6 nitrogen and oxygen atoms in total.